The van der Waals surface area contributed by atoms with Gasteiger partial charge >= 0.3 is 5.97 Å². The molecule has 0 amide bonds. The lowest BCUT2D eigenvalue weighted by atomic mass is 10.2. The van der Waals surface area contributed by atoms with E-state index >= 15 is 0 Å². The van der Waals surface area contributed by atoms with Crippen molar-refractivity contribution >= 4 is 17.7 Å². The Bertz CT molecular complexity index is 157. The summed E-state index contributed by atoms with van der Waals surface area (Å²) in [5, 5.41) is 0.0358. The van der Waals surface area contributed by atoms with Crippen LogP contribution in [-0.4, -0.2) is 23.6 Å². The van der Waals surface area contributed by atoms with Gasteiger partial charge in [-0.25, -0.2) is 0 Å². The third kappa shape index (κ3) is 6.30. The van der Waals surface area contributed by atoms with Crippen LogP contribution in [0.1, 0.15) is 40.5 Å². The Hall–Kier alpha value is -0.180. The molecule has 1 unspecified atom stereocenters. The molecule has 0 bridgehead atoms. The van der Waals surface area contributed by atoms with Crippen molar-refractivity contribution < 1.29 is 9.53 Å². The average Bonchev–Trinajstić information content (AvgIpc) is 2.12. The summed E-state index contributed by atoms with van der Waals surface area (Å²) >= 11 is 1.72. The second kappa shape index (κ2) is 8.16. The molecule has 0 radical (unpaired) electrons. The summed E-state index contributed by atoms with van der Waals surface area (Å²) < 4.78 is 4.99. The van der Waals surface area contributed by atoms with Crippen molar-refractivity contribution in [2.24, 2.45) is 5.92 Å². The Kier molecular flexibility index (Phi) is 8.05. The summed E-state index contributed by atoms with van der Waals surface area (Å²) in [5.74, 6) is 1.71. The van der Waals surface area contributed by atoms with Crippen molar-refractivity contribution in [2.45, 2.75) is 45.8 Å². The molecule has 84 valence electrons. The average molecular weight is 218 g/mol. The second-order valence-corrected chi connectivity index (χ2v) is 5.01. The zero-order valence-electron chi connectivity index (χ0n) is 9.71. The van der Waals surface area contributed by atoms with Crippen LogP contribution < -0.4 is 0 Å². The number of hydrogen-bond donors (Lipinski definition) is 0. The van der Waals surface area contributed by atoms with Gasteiger partial charge in [-0.2, -0.15) is 0 Å². The molecule has 14 heavy (non-hydrogen) atoms. The van der Waals surface area contributed by atoms with Crippen LogP contribution in [0, 0.1) is 5.92 Å². The topological polar surface area (TPSA) is 26.3 Å². The molecule has 0 aliphatic rings. The van der Waals surface area contributed by atoms with E-state index in [0.717, 1.165) is 12.2 Å². The summed E-state index contributed by atoms with van der Waals surface area (Å²) in [7, 11) is 0. The van der Waals surface area contributed by atoms with E-state index in [-0.39, 0.29) is 11.2 Å². The van der Waals surface area contributed by atoms with E-state index in [9.17, 15) is 4.79 Å². The van der Waals surface area contributed by atoms with Gasteiger partial charge in [0, 0.05) is 0 Å². The Labute approximate surface area is 91.8 Å². The summed E-state index contributed by atoms with van der Waals surface area (Å²) in [6, 6.07) is 0. The highest BCUT2D eigenvalue weighted by Crippen LogP contribution is 2.19. The number of esters is 1. The predicted molar refractivity (Wildman–Crippen MR) is 62.6 cm³/mol. The molecule has 0 aromatic heterocycles. The smallest absolute Gasteiger partial charge is 0.319 e. The van der Waals surface area contributed by atoms with Gasteiger partial charge < -0.3 is 4.74 Å². The fourth-order valence-electron chi connectivity index (χ4n) is 1.03. The Morgan fingerprint density at radius 3 is 2.43 bits per heavy atom. The SMILES string of the molecule is CCOC(=O)C(CC)SCCC(C)C. The van der Waals surface area contributed by atoms with Gasteiger partial charge in [0.25, 0.3) is 0 Å². The lowest BCUT2D eigenvalue weighted by molar-refractivity contribution is -0.142. The van der Waals surface area contributed by atoms with Gasteiger partial charge in [-0.1, -0.05) is 20.8 Å². The van der Waals surface area contributed by atoms with E-state index in [1.54, 1.807) is 11.8 Å². The standard InChI is InChI=1S/C11H22O2S/c1-5-10(11(12)13-6-2)14-8-7-9(3)4/h9-10H,5-8H2,1-4H3. The maximum atomic E-state index is 11.4. The maximum absolute atomic E-state index is 11.4. The highest BCUT2D eigenvalue weighted by molar-refractivity contribution is 8.00. The van der Waals surface area contributed by atoms with Crippen LogP contribution in [0.15, 0.2) is 0 Å². The molecule has 0 saturated heterocycles. The van der Waals surface area contributed by atoms with Crippen molar-refractivity contribution in [3.05, 3.63) is 0 Å². The fourth-order valence-corrected chi connectivity index (χ4v) is 2.37. The van der Waals surface area contributed by atoms with Gasteiger partial charge in [-0.05, 0) is 31.4 Å². The van der Waals surface area contributed by atoms with Crippen LogP contribution in [0.5, 0.6) is 0 Å². The first-order chi connectivity index (χ1) is 6.61. The summed E-state index contributed by atoms with van der Waals surface area (Å²) in [5.41, 5.74) is 0. The maximum Gasteiger partial charge on any atom is 0.319 e. The van der Waals surface area contributed by atoms with Crippen LogP contribution in [0.2, 0.25) is 0 Å². The van der Waals surface area contributed by atoms with E-state index in [2.05, 4.69) is 13.8 Å². The van der Waals surface area contributed by atoms with Crippen molar-refractivity contribution in [3.8, 4) is 0 Å². The van der Waals surface area contributed by atoms with E-state index < -0.39 is 0 Å². The number of hydrogen-bond acceptors (Lipinski definition) is 3. The molecule has 0 fully saturated rings. The van der Waals surface area contributed by atoms with Crippen LogP contribution in [-0.2, 0) is 9.53 Å². The predicted octanol–water partition coefficient (Wildman–Crippen LogP) is 3.11. The second-order valence-electron chi connectivity index (χ2n) is 3.70. The van der Waals surface area contributed by atoms with Crippen molar-refractivity contribution in [2.75, 3.05) is 12.4 Å². The van der Waals surface area contributed by atoms with Gasteiger partial charge in [0.15, 0.2) is 0 Å². The molecule has 0 rings (SSSR count). The molecular formula is C11H22O2S. The quantitative estimate of drug-likeness (QED) is 0.614. The van der Waals surface area contributed by atoms with Gasteiger partial charge in [0.2, 0.25) is 0 Å². The number of ether oxygens (including phenoxy) is 1. The van der Waals surface area contributed by atoms with Crippen LogP contribution in [0.3, 0.4) is 0 Å². The molecule has 0 heterocycles. The molecule has 0 aliphatic carbocycles. The first-order valence-electron chi connectivity index (χ1n) is 5.40. The molecule has 0 spiro atoms. The van der Waals surface area contributed by atoms with Gasteiger partial charge in [-0.15, -0.1) is 11.8 Å². The molecule has 2 nitrogen and oxygen atoms in total. The highest BCUT2D eigenvalue weighted by atomic mass is 32.2. The largest absolute Gasteiger partial charge is 0.465 e. The summed E-state index contributed by atoms with van der Waals surface area (Å²) in [4.78, 5) is 11.4. The first kappa shape index (κ1) is 13.8. The number of thioether (sulfide) groups is 1. The van der Waals surface area contributed by atoms with Crippen molar-refractivity contribution in [3.63, 3.8) is 0 Å². The van der Waals surface area contributed by atoms with Crippen molar-refractivity contribution in [1.82, 2.24) is 0 Å². The third-order valence-corrected chi connectivity index (χ3v) is 3.33. The summed E-state index contributed by atoms with van der Waals surface area (Å²) in [6.45, 7) is 8.77. The number of rotatable bonds is 7. The summed E-state index contributed by atoms with van der Waals surface area (Å²) in [6.07, 6.45) is 2.03. The lowest BCUT2D eigenvalue weighted by Gasteiger charge is -2.13. The Balaban J connectivity index is 3.73. The minimum absolute atomic E-state index is 0.0358. The zero-order chi connectivity index (χ0) is 11.0. The molecule has 0 aromatic carbocycles. The van der Waals surface area contributed by atoms with E-state index in [0.29, 0.717) is 12.5 Å². The van der Waals surface area contributed by atoms with Gasteiger partial charge in [-0.3, -0.25) is 4.79 Å². The van der Waals surface area contributed by atoms with Crippen molar-refractivity contribution in [1.29, 1.82) is 0 Å². The molecular weight excluding hydrogens is 196 g/mol. The lowest BCUT2D eigenvalue weighted by Crippen LogP contribution is -2.20. The van der Waals surface area contributed by atoms with Crippen LogP contribution >= 0.6 is 11.8 Å². The Morgan fingerprint density at radius 2 is 2.00 bits per heavy atom. The van der Waals surface area contributed by atoms with E-state index in [1.807, 2.05) is 13.8 Å². The van der Waals surface area contributed by atoms with Crippen LogP contribution in [0.25, 0.3) is 0 Å². The molecule has 3 heteroatoms. The normalized spacial score (nSPS) is 12.9. The minimum atomic E-state index is -0.0521. The van der Waals surface area contributed by atoms with Gasteiger partial charge in [0.1, 0.15) is 5.25 Å². The minimum Gasteiger partial charge on any atom is -0.465 e. The highest BCUT2D eigenvalue weighted by Gasteiger charge is 2.17. The van der Waals surface area contributed by atoms with Crippen LogP contribution in [0.4, 0.5) is 0 Å². The van der Waals surface area contributed by atoms with E-state index in [1.165, 1.54) is 6.42 Å². The monoisotopic (exact) mass is 218 g/mol. The molecule has 0 aliphatic heterocycles. The molecule has 0 saturated carbocycles. The first-order valence-corrected chi connectivity index (χ1v) is 6.44. The number of carbonyl (C=O) groups is 1. The van der Waals surface area contributed by atoms with E-state index in [4.69, 9.17) is 4.74 Å². The van der Waals surface area contributed by atoms with Gasteiger partial charge in [0.05, 0.1) is 6.61 Å². The zero-order valence-corrected chi connectivity index (χ0v) is 10.5. The molecule has 0 N–H and O–H groups in total. The number of carbonyl (C=O) groups excluding carboxylic acids is 1. The third-order valence-electron chi connectivity index (χ3n) is 1.93. The Morgan fingerprint density at radius 1 is 1.36 bits per heavy atom. The molecule has 0 aromatic rings. The fraction of sp³-hybridized carbons (Fsp3) is 0.909. The molecule has 1 atom stereocenters.